The smallest absolute Gasteiger partial charge is 0.148 e. The van der Waals surface area contributed by atoms with Crippen LogP contribution in [0.1, 0.15) is 34.6 Å². The van der Waals surface area contributed by atoms with E-state index in [2.05, 4.69) is 28.2 Å². The minimum atomic E-state index is -0.597. The highest BCUT2D eigenvalue weighted by Crippen LogP contribution is 2.54. The number of thioether (sulfide) groups is 1. The number of likely N-dealkylation sites (N-methyl/N-ethyl adjacent to an activating group) is 1. The summed E-state index contributed by atoms with van der Waals surface area (Å²) in [5.74, 6) is 1.61. The van der Waals surface area contributed by atoms with Gasteiger partial charge in [-0.05, 0) is 34.7 Å². The molecule has 758 valence electrons. The van der Waals surface area contributed by atoms with Crippen molar-refractivity contribution in [3.05, 3.63) is 0 Å². The highest BCUT2D eigenvalue weighted by atomic mass is 32.2. The van der Waals surface area contributed by atoms with Crippen LogP contribution in [0.5, 0.6) is 0 Å². The van der Waals surface area contributed by atoms with Gasteiger partial charge in [0.05, 0.1) is 127 Å². The van der Waals surface area contributed by atoms with E-state index in [1.165, 1.54) is 0 Å². The van der Waals surface area contributed by atoms with Gasteiger partial charge in [0.2, 0.25) is 0 Å². The van der Waals surface area contributed by atoms with Crippen LogP contribution in [0.2, 0.25) is 0 Å². The zero-order valence-electron chi connectivity index (χ0n) is 84.4. The third-order valence-electron chi connectivity index (χ3n) is 29.6. The van der Waals surface area contributed by atoms with Crippen molar-refractivity contribution in [2.45, 2.75) is 283 Å². The first-order valence-corrected chi connectivity index (χ1v) is 47.5. The van der Waals surface area contributed by atoms with Crippen molar-refractivity contribution in [1.29, 1.82) is 0 Å². The largest absolute Gasteiger partial charge is 0.382 e. The summed E-state index contributed by atoms with van der Waals surface area (Å²) < 4.78 is 190. The summed E-state index contributed by atoms with van der Waals surface area (Å²) in [6, 6.07) is -3.05. The summed E-state index contributed by atoms with van der Waals surface area (Å²) >= 11 is 6.11. The Balaban J connectivity index is 0.000000156. The monoisotopic (exact) mass is 1960 g/mol. The van der Waals surface area contributed by atoms with Gasteiger partial charge in [0.15, 0.2) is 0 Å². The molecule has 12 unspecified atom stereocenters. The van der Waals surface area contributed by atoms with Gasteiger partial charge in [-0.15, -0.1) is 0 Å². The molecule has 2 N–H and O–H groups in total. The van der Waals surface area contributed by atoms with Crippen LogP contribution >= 0.6 is 24.4 Å². The van der Waals surface area contributed by atoms with Crippen molar-refractivity contribution in [3.8, 4) is 0 Å². The Kier molecular flexibility index (Phi) is 43.3. The quantitative estimate of drug-likeness (QED) is 0.0436. The fraction of sp³-hybridized carbons (Fsp3) is 1.00. The normalized spacial score (nSPS) is 48.0. The highest BCUT2D eigenvalue weighted by Gasteiger charge is 2.72. The first-order valence-electron chi connectivity index (χ1n) is 45.8. The number of nitrogens with one attached hydrogen (secondary N) is 2. The van der Waals surface area contributed by atoms with Gasteiger partial charge < -0.3 is 176 Å². The second-order valence-corrected chi connectivity index (χ2v) is 39.6. The molecule has 0 aromatic rings. The predicted molar refractivity (Wildman–Crippen MR) is 507 cm³/mol. The molecular formula is C86H147B10N3O35S2. The molecule has 19 rings (SSSR count). The van der Waals surface area contributed by atoms with E-state index in [4.69, 9.17) is 244 Å². The summed E-state index contributed by atoms with van der Waals surface area (Å²) in [4.78, 5) is 2.18. The molecule has 0 aromatic carbocycles. The van der Waals surface area contributed by atoms with E-state index < -0.39 is 69.2 Å². The van der Waals surface area contributed by atoms with Crippen molar-refractivity contribution in [2.75, 3.05) is 260 Å². The van der Waals surface area contributed by atoms with Gasteiger partial charge in [-0.1, -0.05) is 6.92 Å². The second-order valence-electron chi connectivity index (χ2n) is 38.1. The van der Waals surface area contributed by atoms with Crippen molar-refractivity contribution >= 4 is 103 Å². The number of rotatable bonds is 31. The second kappa shape index (κ2) is 50.0. The lowest BCUT2D eigenvalue weighted by molar-refractivity contribution is -0.223. The van der Waals surface area contributed by atoms with Crippen molar-refractivity contribution < 1.29 is 166 Å². The highest BCUT2D eigenvalue weighted by molar-refractivity contribution is 8.00. The molecule has 0 saturated carbocycles. The molecule has 0 aromatic heterocycles. The first-order chi connectivity index (χ1) is 64.7. The molecule has 50 heteroatoms. The lowest BCUT2D eigenvalue weighted by Gasteiger charge is -2.42. The maximum atomic E-state index is 5.89. The molecule has 0 aliphatic carbocycles. The molecule has 19 fully saturated rings. The number of methoxy groups -OCH3 is 20. The minimum absolute atomic E-state index is 0.00227. The molecule has 19 aliphatic heterocycles. The topological polar surface area (TPSA) is 350 Å². The number of thiol groups is 1. The standard InChI is InChI=1S/C10H17BO4.C9H16BNO3.2C9H15BO4.C9H17BO3S.2C8H14BNO3.2C8H13BO4.C8H13BO3S/c1-9(2)10(5-12-3)7(13-4)6(14-9)8(11)15-10;1-11-4-9(5-12-2)7(13-3)6(11)8(10)14-9;1-5(11-2)9-4-13-6(7(9)12-3)8(10)14-9;1-5-9(4-11-2)7(12-3)6(13-5)8(10)14-9;1-6-7(12-3)9(5-14,4-11-2)13-8(6)10;2*1-11-4-8-3-10-5(6(8)12-2)7(9)13-8;2*1-10-3-8-4-12-5(6(8)11-2)7(9)13-8;1-10-3-8-4-13-5(6(8)11-2)7(9)12-8/h6-8H,5H2,1-4H3;6-8H,4-5H2,1-3H3;2*5-8H,4H2,1-3H3;6-8,14H,4-5H2,1-3H3;2*5-7,10H,3-4H2,1-2H3;3*5-7H,3-4H2,1-2H3/t6-,7?,8+,10+;6-,7?,8+,9+;5?,6-,7?,8+,9+;5?,6-,7?,8+,9-;6-,7?,8+,9-;5-,6?,7+,8+;5-,6?,7-,8+;5-,6?,7+,8-;2*5-,6?,7-,8-/m0000001011/s1. The van der Waals surface area contributed by atoms with Crippen LogP contribution in [0.4, 0.5) is 0 Å². The van der Waals surface area contributed by atoms with Crippen LogP contribution in [0.15, 0.2) is 0 Å². The molecule has 18 bridgehead atoms. The number of nitrogens with zero attached hydrogens (tertiary/aromatic N) is 1. The van der Waals surface area contributed by atoms with Crippen LogP contribution in [0.3, 0.4) is 0 Å². The number of hydrogen-bond acceptors (Lipinski definition) is 40. The van der Waals surface area contributed by atoms with Gasteiger partial charge in [0.25, 0.3) is 0 Å². The molecule has 42 atom stereocenters. The van der Waals surface area contributed by atoms with E-state index in [-0.39, 0.29) is 185 Å². The average molecular weight is 1960 g/mol. The SMILES string of the molecule is [B][C@@H]1O[C@@]2(C(C)OC)CO[C@H]1C2OC.[B][C@@H]1O[C@@]2(COC)C(C)O[C@H]1C2OC.[B][C@@H]1O[C@@]2(COC)CN(C)[C@H]1C2OC.[B][C@@H]1O[C@@]2(COC)CN[C@H]1C2OC.[B][C@@H]1O[C@@]2(COC)CO[C@H]1C2OC.[B][C@@H]1O[C@](CS)(COC)C(OC)[C@@H]1C.[B][C@@H]1O[C@]2(COC)C(OC)[C@@H]1OC2(C)C.[B][C@@H]1O[C@]2(COC)CN[C@@H]1C2OC.[B][C@@H]1O[C@]2(COC)CO[C@@H]1C2OC.[B][C@@H]1O[C@]2(COC)CS[C@@H]1C2OC. The summed E-state index contributed by atoms with van der Waals surface area (Å²) in [7, 11) is 93.1. The lowest BCUT2D eigenvalue weighted by Crippen LogP contribution is -2.58. The summed E-state index contributed by atoms with van der Waals surface area (Å²) in [6.07, 6.45) is -1.60. The van der Waals surface area contributed by atoms with Crippen LogP contribution in [0, 0.1) is 5.92 Å². The predicted octanol–water partition coefficient (Wildman–Crippen LogP) is -4.40. The Morgan fingerprint density at radius 1 is 0.368 bits per heavy atom. The first kappa shape index (κ1) is 118. The van der Waals surface area contributed by atoms with Gasteiger partial charge >= 0.3 is 0 Å². The van der Waals surface area contributed by atoms with Crippen molar-refractivity contribution in [2.24, 2.45) is 5.92 Å². The van der Waals surface area contributed by atoms with Gasteiger partial charge in [-0.2, -0.15) is 24.4 Å². The van der Waals surface area contributed by atoms with Crippen LogP contribution in [-0.2, 0) is 166 Å². The van der Waals surface area contributed by atoms with E-state index in [9.17, 15) is 0 Å². The zero-order chi connectivity index (χ0) is 100. The third-order valence-corrected chi connectivity index (χ3v) is 31.7. The fourth-order valence-electron chi connectivity index (χ4n) is 23.5. The Bertz CT molecular complexity index is 3330. The van der Waals surface area contributed by atoms with E-state index in [1.807, 2.05) is 53.4 Å². The summed E-state index contributed by atoms with van der Waals surface area (Å²) in [5, 5.41) is 6.82. The summed E-state index contributed by atoms with van der Waals surface area (Å²) in [6.45, 7) is 18.0. The maximum absolute atomic E-state index is 5.89. The summed E-state index contributed by atoms with van der Waals surface area (Å²) in [5.41, 5.74) is -5.04. The Labute approximate surface area is 828 Å². The van der Waals surface area contributed by atoms with E-state index in [0.717, 1.165) is 25.4 Å². The Hall–Kier alpha value is -0.171. The van der Waals surface area contributed by atoms with Gasteiger partial charge in [0, 0.05) is 239 Å². The molecule has 20 radical (unpaired) electrons. The molecule has 19 aliphatic rings. The van der Waals surface area contributed by atoms with Gasteiger partial charge in [-0.3, -0.25) is 4.90 Å². The molecule has 38 nitrogen and oxygen atoms in total. The Morgan fingerprint density at radius 3 is 1.19 bits per heavy atom. The third kappa shape index (κ3) is 22.2. The van der Waals surface area contributed by atoms with Crippen LogP contribution < -0.4 is 10.6 Å². The maximum Gasteiger partial charge on any atom is 0.148 e. The number of likely N-dealkylation sites (tertiary alicyclic amines) is 1. The van der Waals surface area contributed by atoms with Crippen LogP contribution in [-0.4, -0.2) is 592 Å². The van der Waals surface area contributed by atoms with Gasteiger partial charge in [0.1, 0.15) is 220 Å². The molecule has 19 heterocycles. The van der Waals surface area contributed by atoms with E-state index in [1.54, 1.807) is 142 Å². The minimum Gasteiger partial charge on any atom is -0.382 e. The number of morpholine rings is 3. The number of ether oxygens (including phenoxy) is 35. The molecule has 0 spiro atoms. The van der Waals surface area contributed by atoms with Crippen molar-refractivity contribution in [3.63, 3.8) is 0 Å². The Morgan fingerprint density at radius 2 is 0.772 bits per heavy atom. The number of hydrogen-bond donors (Lipinski definition) is 3. The fourth-order valence-corrected chi connectivity index (χ4v) is 25.4. The molecular weight excluding hydrogens is 1810 g/mol. The molecule has 0 amide bonds. The average Bonchev–Trinajstić information content (AvgIpc) is 1.53. The lowest BCUT2D eigenvalue weighted by atomic mass is 9.83. The van der Waals surface area contributed by atoms with Crippen molar-refractivity contribution in [1.82, 2.24) is 15.5 Å². The van der Waals surface area contributed by atoms with Gasteiger partial charge in [-0.25, -0.2) is 0 Å². The van der Waals surface area contributed by atoms with E-state index in [0.29, 0.717) is 85.0 Å². The zero-order valence-corrected chi connectivity index (χ0v) is 86.1. The molecule has 136 heavy (non-hydrogen) atoms. The number of fused-ring (bicyclic) bond motifs is 18. The van der Waals surface area contributed by atoms with E-state index >= 15 is 0 Å². The van der Waals surface area contributed by atoms with Crippen LogP contribution in [0.25, 0.3) is 0 Å². The molecule has 19 saturated heterocycles.